The molecule has 1 saturated heterocycles. The Hall–Kier alpha value is -2.18. The van der Waals surface area contributed by atoms with Crippen LogP contribution >= 0.6 is 0 Å². The molecular weight excluding hydrogens is 342 g/mol. The molecule has 1 aliphatic carbocycles. The molecule has 2 aromatic rings. The van der Waals surface area contributed by atoms with Crippen molar-refractivity contribution in [3.63, 3.8) is 0 Å². The van der Waals surface area contributed by atoms with Gasteiger partial charge in [-0.3, -0.25) is 14.6 Å². The molecule has 2 aliphatic rings. The monoisotopic (exact) mass is 369 g/mol. The number of nitrogens with zero attached hydrogens (tertiary/aromatic N) is 2. The smallest absolute Gasteiger partial charge is 0.336 e. The lowest BCUT2D eigenvalue weighted by molar-refractivity contribution is -0.126. The first-order chi connectivity index (χ1) is 13.0. The number of amides is 1. The molecule has 1 unspecified atom stereocenters. The van der Waals surface area contributed by atoms with Gasteiger partial charge in [-0.05, 0) is 43.9 Å². The van der Waals surface area contributed by atoms with Crippen LogP contribution in [-0.2, 0) is 11.3 Å². The van der Waals surface area contributed by atoms with Gasteiger partial charge in [-0.15, -0.1) is 0 Å². The molecule has 1 aliphatic heterocycles. The average Bonchev–Trinajstić information content (AvgIpc) is 3.45. The van der Waals surface area contributed by atoms with Crippen LogP contribution in [0.5, 0.6) is 0 Å². The highest BCUT2D eigenvalue weighted by molar-refractivity contribution is 5.82. The molecule has 0 spiro atoms. The summed E-state index contributed by atoms with van der Waals surface area (Å²) in [6.07, 6.45) is 2.23. The lowest BCUT2D eigenvalue weighted by atomic mass is 10.1. The van der Waals surface area contributed by atoms with Crippen LogP contribution in [0.15, 0.2) is 33.5 Å². The van der Waals surface area contributed by atoms with Gasteiger partial charge in [0.25, 0.3) is 0 Å². The number of carbonyl (C=O) groups excluding carboxylic acids is 1. The van der Waals surface area contributed by atoms with Crippen LogP contribution in [0, 0.1) is 6.92 Å². The van der Waals surface area contributed by atoms with E-state index in [1.165, 1.54) is 0 Å². The first-order valence-electron chi connectivity index (χ1n) is 9.80. The maximum atomic E-state index is 12.3. The Morgan fingerprint density at radius 1 is 1.22 bits per heavy atom. The van der Waals surface area contributed by atoms with Gasteiger partial charge >= 0.3 is 5.63 Å². The van der Waals surface area contributed by atoms with Crippen LogP contribution in [0.2, 0.25) is 0 Å². The maximum absolute atomic E-state index is 12.3. The van der Waals surface area contributed by atoms with Gasteiger partial charge in [0.05, 0.1) is 6.04 Å². The molecule has 1 amide bonds. The molecule has 1 atom stereocenters. The average molecular weight is 369 g/mol. The van der Waals surface area contributed by atoms with Gasteiger partial charge in [-0.1, -0.05) is 12.1 Å². The minimum absolute atomic E-state index is 0.0830. The number of piperazine rings is 1. The number of fused-ring (bicyclic) bond motifs is 1. The molecule has 1 aromatic heterocycles. The molecule has 0 bridgehead atoms. The molecule has 6 nitrogen and oxygen atoms in total. The summed E-state index contributed by atoms with van der Waals surface area (Å²) in [5.74, 6) is 0.146. The molecule has 6 heteroatoms. The Morgan fingerprint density at radius 2 is 1.96 bits per heavy atom. The number of hydrogen-bond acceptors (Lipinski definition) is 5. The summed E-state index contributed by atoms with van der Waals surface area (Å²) in [6, 6.07) is 7.92. The molecule has 1 saturated carbocycles. The summed E-state index contributed by atoms with van der Waals surface area (Å²) >= 11 is 0. The third-order valence-corrected chi connectivity index (χ3v) is 5.64. The summed E-state index contributed by atoms with van der Waals surface area (Å²) < 4.78 is 5.36. The molecular formula is C21H27N3O3. The quantitative estimate of drug-likeness (QED) is 0.816. The highest BCUT2D eigenvalue weighted by Crippen LogP contribution is 2.21. The maximum Gasteiger partial charge on any atom is 0.336 e. The standard InChI is InChI=1S/C21H27N3O3/c1-14-3-6-18-16(12-20(25)27-19(18)11-14)13-23-7-9-24(10-8-23)15(2)21(26)22-17-4-5-17/h3,6,11-12,15,17H,4-5,7-10,13H2,1-2H3,(H,22,26). The van der Waals surface area contributed by atoms with Crippen molar-refractivity contribution in [3.8, 4) is 0 Å². The van der Waals surface area contributed by atoms with Crippen LogP contribution in [0.4, 0.5) is 0 Å². The van der Waals surface area contributed by atoms with Gasteiger partial charge in [0.15, 0.2) is 0 Å². The molecule has 0 radical (unpaired) electrons. The minimum Gasteiger partial charge on any atom is -0.423 e. The third kappa shape index (κ3) is 4.22. The van der Waals surface area contributed by atoms with Crippen molar-refractivity contribution in [2.75, 3.05) is 26.2 Å². The second-order valence-electron chi connectivity index (χ2n) is 7.86. The Labute approximate surface area is 159 Å². The predicted octanol–water partition coefficient (Wildman–Crippen LogP) is 1.89. The van der Waals surface area contributed by atoms with E-state index in [0.29, 0.717) is 11.6 Å². The van der Waals surface area contributed by atoms with Crippen LogP contribution in [0.3, 0.4) is 0 Å². The van der Waals surface area contributed by atoms with Crippen molar-refractivity contribution in [2.24, 2.45) is 0 Å². The lowest BCUT2D eigenvalue weighted by Crippen LogP contribution is -2.53. The van der Waals surface area contributed by atoms with E-state index in [1.807, 2.05) is 32.0 Å². The van der Waals surface area contributed by atoms with Crippen LogP contribution in [-0.4, -0.2) is 54.0 Å². The van der Waals surface area contributed by atoms with Gasteiger partial charge in [-0.25, -0.2) is 4.79 Å². The van der Waals surface area contributed by atoms with E-state index in [-0.39, 0.29) is 17.6 Å². The molecule has 2 fully saturated rings. The number of hydrogen-bond donors (Lipinski definition) is 1. The van der Waals surface area contributed by atoms with E-state index in [4.69, 9.17) is 4.42 Å². The Balaban J connectivity index is 1.40. The van der Waals surface area contributed by atoms with E-state index in [0.717, 1.165) is 62.1 Å². The van der Waals surface area contributed by atoms with Crippen molar-refractivity contribution < 1.29 is 9.21 Å². The number of benzene rings is 1. The molecule has 1 N–H and O–H groups in total. The normalized spacial score (nSPS) is 19.9. The van der Waals surface area contributed by atoms with Gasteiger partial charge in [0.1, 0.15) is 5.58 Å². The number of nitrogens with one attached hydrogen (secondary N) is 1. The second kappa shape index (κ2) is 7.44. The summed E-state index contributed by atoms with van der Waals surface area (Å²) in [4.78, 5) is 28.8. The largest absolute Gasteiger partial charge is 0.423 e. The molecule has 27 heavy (non-hydrogen) atoms. The fourth-order valence-electron chi connectivity index (χ4n) is 3.73. The van der Waals surface area contributed by atoms with Crippen LogP contribution in [0.1, 0.15) is 30.9 Å². The van der Waals surface area contributed by atoms with E-state index < -0.39 is 0 Å². The highest BCUT2D eigenvalue weighted by atomic mass is 16.4. The molecule has 2 heterocycles. The predicted molar refractivity (Wildman–Crippen MR) is 105 cm³/mol. The summed E-state index contributed by atoms with van der Waals surface area (Å²) in [5, 5.41) is 4.09. The lowest BCUT2D eigenvalue weighted by Gasteiger charge is -2.37. The zero-order valence-electron chi connectivity index (χ0n) is 16.0. The van der Waals surface area contributed by atoms with Gasteiger partial charge in [-0.2, -0.15) is 0 Å². The number of aryl methyl sites for hydroxylation is 1. The molecule has 1 aromatic carbocycles. The zero-order chi connectivity index (χ0) is 19.0. The zero-order valence-corrected chi connectivity index (χ0v) is 16.0. The fourth-order valence-corrected chi connectivity index (χ4v) is 3.73. The second-order valence-corrected chi connectivity index (χ2v) is 7.86. The topological polar surface area (TPSA) is 65.8 Å². The molecule has 4 rings (SSSR count). The minimum atomic E-state index is -0.299. The van der Waals surface area contributed by atoms with Crippen molar-refractivity contribution >= 4 is 16.9 Å². The SMILES string of the molecule is Cc1ccc2c(CN3CCN(C(C)C(=O)NC4CC4)CC3)cc(=O)oc2c1. The van der Waals surface area contributed by atoms with E-state index in [1.54, 1.807) is 6.07 Å². The highest BCUT2D eigenvalue weighted by Gasteiger charge is 2.30. The fraction of sp³-hybridized carbons (Fsp3) is 0.524. The summed E-state index contributed by atoms with van der Waals surface area (Å²) in [6.45, 7) is 8.19. The van der Waals surface area contributed by atoms with Crippen molar-refractivity contribution in [3.05, 3.63) is 45.8 Å². The summed E-state index contributed by atoms with van der Waals surface area (Å²) in [5.41, 5.74) is 2.44. The Bertz CT molecular complexity index is 895. The van der Waals surface area contributed by atoms with Crippen LogP contribution < -0.4 is 10.9 Å². The Morgan fingerprint density at radius 3 is 2.67 bits per heavy atom. The third-order valence-electron chi connectivity index (χ3n) is 5.64. The van der Waals surface area contributed by atoms with Gasteiger partial charge < -0.3 is 9.73 Å². The van der Waals surface area contributed by atoms with Gasteiger partial charge in [0, 0.05) is 50.2 Å². The van der Waals surface area contributed by atoms with Crippen molar-refractivity contribution in [2.45, 2.75) is 45.3 Å². The molecule has 144 valence electrons. The first kappa shape index (κ1) is 18.2. The van der Waals surface area contributed by atoms with Crippen LogP contribution in [0.25, 0.3) is 11.0 Å². The van der Waals surface area contributed by atoms with E-state index >= 15 is 0 Å². The number of carbonyl (C=O) groups is 1. The Kier molecular flexibility index (Phi) is 5.02. The van der Waals surface area contributed by atoms with E-state index in [9.17, 15) is 9.59 Å². The van der Waals surface area contributed by atoms with E-state index in [2.05, 4.69) is 15.1 Å². The van der Waals surface area contributed by atoms with Crippen molar-refractivity contribution in [1.29, 1.82) is 0 Å². The van der Waals surface area contributed by atoms with Gasteiger partial charge in [0.2, 0.25) is 5.91 Å². The van der Waals surface area contributed by atoms with Crippen molar-refractivity contribution in [1.82, 2.24) is 15.1 Å². The summed E-state index contributed by atoms with van der Waals surface area (Å²) in [7, 11) is 0. The number of rotatable bonds is 5. The first-order valence-corrected chi connectivity index (χ1v) is 9.80.